The van der Waals surface area contributed by atoms with Crippen LogP contribution in [0.15, 0.2) is 47.3 Å². The molecular weight excluding hydrogens is 319 g/mol. The van der Waals surface area contributed by atoms with Crippen molar-refractivity contribution in [2.45, 2.75) is 19.6 Å². The topological polar surface area (TPSA) is 44.1 Å². The van der Waals surface area contributed by atoms with Gasteiger partial charge in [0, 0.05) is 11.1 Å². The van der Waals surface area contributed by atoms with E-state index in [2.05, 4.69) is 16.8 Å². The number of hydrogen-bond acceptors (Lipinski definition) is 3. The minimum atomic E-state index is -0.319. The van der Waals surface area contributed by atoms with Gasteiger partial charge in [0.05, 0.1) is 24.1 Å². The van der Waals surface area contributed by atoms with Gasteiger partial charge in [0.1, 0.15) is 17.7 Å². The molecule has 1 aliphatic rings. The number of halogens is 1. The van der Waals surface area contributed by atoms with Gasteiger partial charge >= 0.3 is 0 Å². The fourth-order valence-corrected chi connectivity index (χ4v) is 2.95. The van der Waals surface area contributed by atoms with E-state index in [0.717, 1.165) is 5.56 Å². The average molecular weight is 334 g/mol. The van der Waals surface area contributed by atoms with E-state index in [1.54, 1.807) is 34.9 Å². The average Bonchev–Trinajstić information content (AvgIpc) is 2.61. The second-order valence-corrected chi connectivity index (χ2v) is 5.93. The highest BCUT2D eigenvalue weighted by Crippen LogP contribution is 2.20. The normalized spacial score (nSPS) is 16.2. The molecule has 0 N–H and O–H groups in total. The molecule has 124 valence electrons. The van der Waals surface area contributed by atoms with Gasteiger partial charge in [-0.1, -0.05) is 17.9 Å². The van der Waals surface area contributed by atoms with E-state index in [0.29, 0.717) is 35.4 Å². The summed E-state index contributed by atoms with van der Waals surface area (Å²) in [5.41, 5.74) is 1.86. The summed E-state index contributed by atoms with van der Waals surface area (Å²) in [5, 5.41) is 0.564. The summed E-state index contributed by atoms with van der Waals surface area (Å²) < 4.78 is 20.5. The number of ether oxygens (including phenoxy) is 1. The molecule has 0 bridgehead atoms. The summed E-state index contributed by atoms with van der Waals surface area (Å²) >= 11 is 0. The van der Waals surface area contributed by atoms with Crippen molar-refractivity contribution in [3.8, 4) is 11.8 Å². The Balaban J connectivity index is 1.80. The first-order valence-corrected chi connectivity index (χ1v) is 8.05. The van der Waals surface area contributed by atoms with E-state index in [1.807, 2.05) is 6.92 Å². The molecule has 0 spiro atoms. The molecule has 2 heterocycles. The zero-order valence-corrected chi connectivity index (χ0v) is 13.6. The summed E-state index contributed by atoms with van der Waals surface area (Å²) in [4.78, 5) is 17.2. The van der Waals surface area contributed by atoms with Crippen molar-refractivity contribution in [1.82, 2.24) is 9.55 Å². The summed E-state index contributed by atoms with van der Waals surface area (Å²) in [6.45, 7) is 2.91. The quantitative estimate of drug-likeness (QED) is 0.594. The molecular formula is C20H15FN2O2. The lowest BCUT2D eigenvalue weighted by molar-refractivity contribution is 0.0269. The number of fused-ring (bicyclic) bond motifs is 2. The second kappa shape index (κ2) is 6.15. The molecule has 0 saturated carbocycles. The SMILES string of the molecule is CC1OCCn2c1nc1cc(C#Cc3cccc(F)c3)ccc1c2=O. The monoisotopic (exact) mass is 334 g/mol. The predicted octanol–water partition coefficient (Wildman–Crippen LogP) is 3.03. The molecule has 0 fully saturated rings. The highest BCUT2D eigenvalue weighted by molar-refractivity contribution is 5.79. The van der Waals surface area contributed by atoms with E-state index >= 15 is 0 Å². The lowest BCUT2D eigenvalue weighted by Crippen LogP contribution is -2.32. The van der Waals surface area contributed by atoms with Gasteiger partial charge < -0.3 is 4.74 Å². The Morgan fingerprint density at radius 1 is 1.20 bits per heavy atom. The van der Waals surface area contributed by atoms with E-state index in [9.17, 15) is 9.18 Å². The van der Waals surface area contributed by atoms with Crippen molar-refractivity contribution in [2.75, 3.05) is 6.61 Å². The van der Waals surface area contributed by atoms with Crippen molar-refractivity contribution < 1.29 is 9.13 Å². The highest BCUT2D eigenvalue weighted by Gasteiger charge is 2.20. The standard InChI is InChI=1S/C20H15FN2O2/c1-13-19-22-18-12-15(6-5-14-3-2-4-16(21)11-14)7-8-17(18)20(24)23(19)9-10-25-13/h2-4,7-8,11-13H,9-10H2,1H3. The van der Waals surface area contributed by atoms with Gasteiger partial charge in [0.15, 0.2) is 0 Å². The third-order valence-corrected chi connectivity index (χ3v) is 4.21. The molecule has 3 aromatic rings. The lowest BCUT2D eigenvalue weighted by atomic mass is 10.1. The van der Waals surface area contributed by atoms with Gasteiger partial charge in [-0.3, -0.25) is 9.36 Å². The Bertz CT molecular complexity index is 1090. The van der Waals surface area contributed by atoms with Crippen LogP contribution in [0.3, 0.4) is 0 Å². The van der Waals surface area contributed by atoms with Crippen LogP contribution in [0.4, 0.5) is 4.39 Å². The van der Waals surface area contributed by atoms with E-state index < -0.39 is 0 Å². The minimum Gasteiger partial charge on any atom is -0.369 e. The van der Waals surface area contributed by atoms with Crippen molar-refractivity contribution >= 4 is 10.9 Å². The number of hydrogen-bond donors (Lipinski definition) is 0. The van der Waals surface area contributed by atoms with Crippen molar-refractivity contribution in [2.24, 2.45) is 0 Å². The summed E-state index contributed by atoms with van der Waals surface area (Å²) in [6, 6.07) is 11.4. The van der Waals surface area contributed by atoms with Crippen LogP contribution in [-0.2, 0) is 11.3 Å². The Kier molecular flexibility index (Phi) is 3.83. The summed E-state index contributed by atoms with van der Waals surface area (Å²) in [7, 11) is 0. The molecule has 1 aliphatic heterocycles. The minimum absolute atomic E-state index is 0.0558. The predicted molar refractivity (Wildman–Crippen MR) is 92.8 cm³/mol. The molecule has 1 unspecified atom stereocenters. The zero-order chi connectivity index (χ0) is 17.4. The fourth-order valence-electron chi connectivity index (χ4n) is 2.95. The van der Waals surface area contributed by atoms with Crippen molar-refractivity contribution in [1.29, 1.82) is 0 Å². The van der Waals surface area contributed by atoms with Gasteiger partial charge in [0.2, 0.25) is 0 Å². The highest BCUT2D eigenvalue weighted by atomic mass is 19.1. The van der Waals surface area contributed by atoms with Gasteiger partial charge in [0.25, 0.3) is 5.56 Å². The molecule has 5 heteroatoms. The van der Waals surface area contributed by atoms with E-state index in [1.165, 1.54) is 12.1 Å². The van der Waals surface area contributed by atoms with Crippen LogP contribution in [0.5, 0.6) is 0 Å². The molecule has 0 amide bonds. The van der Waals surface area contributed by atoms with Crippen LogP contribution in [0.25, 0.3) is 10.9 Å². The maximum absolute atomic E-state index is 13.2. The molecule has 4 rings (SSSR count). The first-order valence-electron chi connectivity index (χ1n) is 8.05. The molecule has 0 saturated heterocycles. The Labute approximate surface area is 143 Å². The molecule has 1 aromatic heterocycles. The molecule has 2 aromatic carbocycles. The van der Waals surface area contributed by atoms with Crippen LogP contribution in [0, 0.1) is 17.7 Å². The number of aromatic nitrogens is 2. The van der Waals surface area contributed by atoms with Crippen molar-refractivity contribution in [3.63, 3.8) is 0 Å². The zero-order valence-electron chi connectivity index (χ0n) is 13.6. The van der Waals surface area contributed by atoms with Gasteiger partial charge in [-0.2, -0.15) is 0 Å². The van der Waals surface area contributed by atoms with Crippen LogP contribution < -0.4 is 5.56 Å². The Hall–Kier alpha value is -2.97. The maximum Gasteiger partial charge on any atom is 0.261 e. The first-order chi connectivity index (χ1) is 12.1. The molecule has 25 heavy (non-hydrogen) atoms. The molecule has 0 aliphatic carbocycles. The fraction of sp³-hybridized carbons (Fsp3) is 0.200. The Morgan fingerprint density at radius 2 is 2.00 bits per heavy atom. The van der Waals surface area contributed by atoms with Gasteiger partial charge in [-0.25, -0.2) is 9.37 Å². The third-order valence-electron chi connectivity index (χ3n) is 4.21. The van der Waals surface area contributed by atoms with E-state index in [-0.39, 0.29) is 17.5 Å². The van der Waals surface area contributed by atoms with E-state index in [4.69, 9.17) is 4.74 Å². The van der Waals surface area contributed by atoms with Crippen molar-refractivity contribution in [3.05, 3.63) is 75.6 Å². The van der Waals surface area contributed by atoms with Gasteiger partial charge in [-0.05, 0) is 43.3 Å². The largest absolute Gasteiger partial charge is 0.369 e. The molecule has 0 radical (unpaired) electrons. The first kappa shape index (κ1) is 15.6. The molecule has 4 nitrogen and oxygen atoms in total. The Morgan fingerprint density at radius 3 is 2.80 bits per heavy atom. The van der Waals surface area contributed by atoms with Crippen LogP contribution in [0.2, 0.25) is 0 Å². The summed E-state index contributed by atoms with van der Waals surface area (Å²) in [5.74, 6) is 6.24. The van der Waals surface area contributed by atoms with Crippen LogP contribution >= 0.6 is 0 Å². The lowest BCUT2D eigenvalue weighted by Gasteiger charge is -2.23. The second-order valence-electron chi connectivity index (χ2n) is 5.93. The maximum atomic E-state index is 13.2. The van der Waals surface area contributed by atoms with Crippen LogP contribution in [-0.4, -0.2) is 16.2 Å². The number of benzene rings is 2. The molecule has 1 atom stereocenters. The third kappa shape index (κ3) is 2.92. The van der Waals surface area contributed by atoms with Gasteiger partial charge in [-0.15, -0.1) is 0 Å². The number of rotatable bonds is 0. The smallest absolute Gasteiger partial charge is 0.261 e. The summed E-state index contributed by atoms with van der Waals surface area (Å²) in [6.07, 6.45) is -0.215. The number of nitrogens with zero attached hydrogens (tertiary/aromatic N) is 2. The van der Waals surface area contributed by atoms with Crippen LogP contribution in [0.1, 0.15) is 30.0 Å².